The second-order valence-corrected chi connectivity index (χ2v) is 5.64. The maximum absolute atomic E-state index is 12.2. The minimum absolute atomic E-state index is 0.147. The highest BCUT2D eigenvalue weighted by molar-refractivity contribution is 5.81. The quantitative estimate of drug-likeness (QED) is 0.710. The van der Waals surface area contributed by atoms with Gasteiger partial charge in [0.25, 0.3) is 5.91 Å². The summed E-state index contributed by atoms with van der Waals surface area (Å²) in [6.45, 7) is 4.78. The summed E-state index contributed by atoms with van der Waals surface area (Å²) in [5.41, 5.74) is 1.18. The van der Waals surface area contributed by atoms with Crippen molar-refractivity contribution in [2.45, 2.75) is 26.4 Å². The number of nitrogens with one attached hydrogen (secondary N) is 1. The Kier molecular flexibility index (Phi) is 7.14. The highest BCUT2D eigenvalue weighted by Gasteiger charge is 2.17. The van der Waals surface area contributed by atoms with Crippen molar-refractivity contribution in [1.82, 2.24) is 5.32 Å². The van der Waals surface area contributed by atoms with Crippen molar-refractivity contribution in [3.63, 3.8) is 0 Å². The van der Waals surface area contributed by atoms with E-state index in [1.807, 2.05) is 38.1 Å². The molecule has 2 aromatic carbocycles. The average molecular weight is 343 g/mol. The van der Waals surface area contributed by atoms with Crippen LogP contribution in [0.15, 0.2) is 48.5 Å². The molecule has 0 aromatic heterocycles. The van der Waals surface area contributed by atoms with Crippen molar-refractivity contribution in [3.8, 4) is 17.2 Å². The summed E-state index contributed by atoms with van der Waals surface area (Å²) < 4.78 is 16.5. The molecule has 2 aromatic rings. The molecule has 2 rings (SSSR count). The van der Waals surface area contributed by atoms with Crippen molar-refractivity contribution in [1.29, 1.82) is 0 Å². The highest BCUT2D eigenvalue weighted by Crippen LogP contribution is 2.19. The van der Waals surface area contributed by atoms with Crippen LogP contribution in [0.4, 0.5) is 0 Å². The van der Waals surface area contributed by atoms with Gasteiger partial charge in [-0.05, 0) is 49.7 Å². The summed E-state index contributed by atoms with van der Waals surface area (Å²) in [5, 5.41) is 2.84. The first-order chi connectivity index (χ1) is 12.1. The molecule has 0 spiro atoms. The van der Waals surface area contributed by atoms with Gasteiger partial charge in [-0.1, -0.05) is 24.6 Å². The van der Waals surface area contributed by atoms with Gasteiger partial charge in [0.15, 0.2) is 6.10 Å². The molecule has 1 unspecified atom stereocenters. The largest absolute Gasteiger partial charge is 0.497 e. The van der Waals surface area contributed by atoms with E-state index in [0.717, 1.165) is 11.5 Å². The Hall–Kier alpha value is -2.69. The molecule has 5 nitrogen and oxygen atoms in total. The number of rotatable bonds is 9. The van der Waals surface area contributed by atoms with Crippen molar-refractivity contribution in [3.05, 3.63) is 54.1 Å². The maximum atomic E-state index is 12.2. The monoisotopic (exact) mass is 343 g/mol. The van der Waals surface area contributed by atoms with E-state index in [-0.39, 0.29) is 5.91 Å². The van der Waals surface area contributed by atoms with Gasteiger partial charge in [-0.25, -0.2) is 0 Å². The second kappa shape index (κ2) is 9.57. The summed E-state index contributed by atoms with van der Waals surface area (Å²) >= 11 is 0. The topological polar surface area (TPSA) is 56.8 Å². The smallest absolute Gasteiger partial charge is 0.261 e. The standard InChI is InChI=1S/C20H25NO4/c1-4-19(25-18-11-9-16(23-3)10-12-18)20(22)21-13-14-24-17-7-5-15(2)6-8-17/h5-12,19H,4,13-14H2,1-3H3,(H,21,22). The summed E-state index contributed by atoms with van der Waals surface area (Å²) in [6.07, 6.45) is 0.0456. The molecule has 0 radical (unpaired) electrons. The number of amides is 1. The number of ether oxygens (including phenoxy) is 3. The molecule has 1 N–H and O–H groups in total. The lowest BCUT2D eigenvalue weighted by Gasteiger charge is -2.17. The van der Waals surface area contributed by atoms with Gasteiger partial charge in [0.05, 0.1) is 13.7 Å². The van der Waals surface area contributed by atoms with E-state index in [9.17, 15) is 4.79 Å². The van der Waals surface area contributed by atoms with Crippen LogP contribution in [-0.4, -0.2) is 32.3 Å². The minimum atomic E-state index is -0.534. The predicted octanol–water partition coefficient (Wildman–Crippen LogP) is 3.36. The SMILES string of the molecule is CCC(Oc1ccc(OC)cc1)C(=O)NCCOc1ccc(C)cc1. The number of methoxy groups -OCH3 is 1. The van der Waals surface area contributed by atoms with E-state index in [4.69, 9.17) is 14.2 Å². The number of hydrogen-bond donors (Lipinski definition) is 1. The molecule has 0 heterocycles. The van der Waals surface area contributed by atoms with Gasteiger partial charge < -0.3 is 19.5 Å². The van der Waals surface area contributed by atoms with Crippen LogP contribution >= 0.6 is 0 Å². The first-order valence-electron chi connectivity index (χ1n) is 8.40. The Labute approximate surface area is 148 Å². The van der Waals surface area contributed by atoms with Gasteiger partial charge in [-0.2, -0.15) is 0 Å². The van der Waals surface area contributed by atoms with Crippen LogP contribution in [0.5, 0.6) is 17.2 Å². The van der Waals surface area contributed by atoms with E-state index >= 15 is 0 Å². The van der Waals surface area contributed by atoms with E-state index in [1.54, 1.807) is 31.4 Å². The van der Waals surface area contributed by atoms with Crippen LogP contribution in [0.3, 0.4) is 0 Å². The number of aryl methyl sites for hydroxylation is 1. The number of carbonyl (C=O) groups excluding carboxylic acids is 1. The third-order valence-corrected chi connectivity index (χ3v) is 3.69. The van der Waals surface area contributed by atoms with Gasteiger partial charge in [-0.15, -0.1) is 0 Å². The molecule has 0 aliphatic rings. The van der Waals surface area contributed by atoms with Crippen LogP contribution in [-0.2, 0) is 4.79 Å². The van der Waals surface area contributed by atoms with E-state index < -0.39 is 6.10 Å². The fourth-order valence-corrected chi connectivity index (χ4v) is 2.23. The molecular weight excluding hydrogens is 318 g/mol. The number of hydrogen-bond acceptors (Lipinski definition) is 4. The van der Waals surface area contributed by atoms with Crippen LogP contribution in [0, 0.1) is 6.92 Å². The van der Waals surface area contributed by atoms with Crippen molar-refractivity contribution >= 4 is 5.91 Å². The second-order valence-electron chi connectivity index (χ2n) is 5.64. The predicted molar refractivity (Wildman–Crippen MR) is 97.4 cm³/mol. The van der Waals surface area contributed by atoms with Crippen LogP contribution < -0.4 is 19.5 Å². The van der Waals surface area contributed by atoms with Gasteiger partial charge in [-0.3, -0.25) is 4.79 Å². The first-order valence-corrected chi connectivity index (χ1v) is 8.40. The Bertz CT molecular complexity index is 652. The average Bonchev–Trinajstić information content (AvgIpc) is 2.65. The molecule has 5 heteroatoms. The van der Waals surface area contributed by atoms with Crippen LogP contribution in [0.25, 0.3) is 0 Å². The first kappa shape index (κ1) is 18.6. The Morgan fingerprint density at radius 3 is 2.20 bits per heavy atom. The maximum Gasteiger partial charge on any atom is 0.261 e. The molecule has 0 aliphatic carbocycles. The van der Waals surface area contributed by atoms with Gasteiger partial charge in [0, 0.05) is 0 Å². The highest BCUT2D eigenvalue weighted by atomic mass is 16.5. The fraction of sp³-hybridized carbons (Fsp3) is 0.350. The van der Waals surface area contributed by atoms with E-state index in [1.165, 1.54) is 5.56 Å². The summed E-state index contributed by atoms with van der Waals surface area (Å²) in [7, 11) is 1.61. The normalized spacial score (nSPS) is 11.5. The molecule has 0 aliphatic heterocycles. The lowest BCUT2D eigenvalue weighted by atomic mass is 10.2. The lowest BCUT2D eigenvalue weighted by molar-refractivity contribution is -0.128. The Morgan fingerprint density at radius 2 is 1.60 bits per heavy atom. The molecule has 1 amide bonds. The number of benzene rings is 2. The molecule has 0 bridgehead atoms. The molecule has 1 atom stereocenters. The van der Waals surface area contributed by atoms with E-state index in [2.05, 4.69) is 5.32 Å². The number of carbonyl (C=O) groups is 1. The lowest BCUT2D eigenvalue weighted by Crippen LogP contribution is -2.39. The zero-order chi connectivity index (χ0) is 18.1. The zero-order valence-electron chi connectivity index (χ0n) is 15.0. The van der Waals surface area contributed by atoms with Crippen LogP contribution in [0.2, 0.25) is 0 Å². The molecule has 0 saturated carbocycles. The van der Waals surface area contributed by atoms with E-state index in [0.29, 0.717) is 25.3 Å². The van der Waals surface area contributed by atoms with Crippen LogP contribution in [0.1, 0.15) is 18.9 Å². The summed E-state index contributed by atoms with van der Waals surface area (Å²) in [6, 6.07) is 15.0. The van der Waals surface area contributed by atoms with Gasteiger partial charge >= 0.3 is 0 Å². The molecule has 25 heavy (non-hydrogen) atoms. The van der Waals surface area contributed by atoms with Crippen molar-refractivity contribution in [2.75, 3.05) is 20.3 Å². The summed E-state index contributed by atoms with van der Waals surface area (Å²) in [4.78, 5) is 12.2. The van der Waals surface area contributed by atoms with Gasteiger partial charge in [0.2, 0.25) is 0 Å². The van der Waals surface area contributed by atoms with Crippen molar-refractivity contribution in [2.24, 2.45) is 0 Å². The third-order valence-electron chi connectivity index (χ3n) is 3.69. The third kappa shape index (κ3) is 6.03. The zero-order valence-corrected chi connectivity index (χ0v) is 15.0. The van der Waals surface area contributed by atoms with Crippen molar-refractivity contribution < 1.29 is 19.0 Å². The minimum Gasteiger partial charge on any atom is -0.497 e. The Morgan fingerprint density at radius 1 is 1.00 bits per heavy atom. The molecular formula is C20H25NO4. The van der Waals surface area contributed by atoms with Gasteiger partial charge in [0.1, 0.15) is 23.9 Å². The molecule has 0 saturated heterocycles. The molecule has 0 fully saturated rings. The summed E-state index contributed by atoms with van der Waals surface area (Å²) in [5.74, 6) is 2.03. The Balaban J connectivity index is 1.75. The molecule has 134 valence electrons. The fourth-order valence-electron chi connectivity index (χ4n) is 2.23.